The van der Waals surface area contributed by atoms with Gasteiger partial charge in [0.25, 0.3) is 0 Å². The van der Waals surface area contributed by atoms with Crippen LogP contribution in [0.25, 0.3) is 0 Å². The highest BCUT2D eigenvalue weighted by Crippen LogP contribution is 2.43. The highest BCUT2D eigenvalue weighted by atomic mass is 79.9. The van der Waals surface area contributed by atoms with Gasteiger partial charge in [-0.1, -0.05) is 15.9 Å². The first-order valence-electron chi connectivity index (χ1n) is 9.32. The molecule has 1 aliphatic heterocycles. The van der Waals surface area contributed by atoms with Gasteiger partial charge in [0.1, 0.15) is 34.9 Å². The normalized spacial score (nSPS) is 14.7. The zero-order chi connectivity index (χ0) is 23.6. The zero-order valence-corrected chi connectivity index (χ0v) is 19.0. The maximum atomic E-state index is 12.4. The standard InChI is InChI=1S/C20H20BrN9O2/c1-20(2,3)32-19(31)27-12-5-4-9(21)6-10(12)15-13-14(24)11(7-22)16(25)29-17(13)30-18(28-15)26-8-23/h4-6,15H,1-3H3,(H,27,31)(H6,24,25,26,28,29,30). The molecule has 1 unspecified atom stereocenters. The minimum Gasteiger partial charge on any atom is -0.444 e. The van der Waals surface area contributed by atoms with E-state index < -0.39 is 17.7 Å². The third-order valence-corrected chi connectivity index (χ3v) is 4.79. The Bertz CT molecular complexity index is 1210. The van der Waals surface area contributed by atoms with Crippen LogP contribution in [0.2, 0.25) is 0 Å². The zero-order valence-electron chi connectivity index (χ0n) is 17.4. The maximum absolute atomic E-state index is 12.4. The van der Waals surface area contributed by atoms with Gasteiger partial charge >= 0.3 is 6.09 Å². The number of guanidine groups is 1. The molecule has 0 bridgehead atoms. The van der Waals surface area contributed by atoms with Crippen LogP contribution in [0.3, 0.4) is 0 Å². The highest BCUT2D eigenvalue weighted by Gasteiger charge is 2.31. The Hall–Kier alpha value is -4.03. The van der Waals surface area contributed by atoms with E-state index in [1.807, 2.05) is 6.07 Å². The number of aromatic nitrogens is 1. The van der Waals surface area contributed by atoms with E-state index in [4.69, 9.17) is 21.5 Å². The molecule has 0 spiro atoms. The summed E-state index contributed by atoms with van der Waals surface area (Å²) in [5.41, 5.74) is 12.9. The van der Waals surface area contributed by atoms with Gasteiger partial charge in [0.05, 0.1) is 5.69 Å². The number of carbonyl (C=O) groups excluding carboxylic acids is 1. The van der Waals surface area contributed by atoms with Crippen LogP contribution in [0.1, 0.15) is 43.5 Å². The maximum Gasteiger partial charge on any atom is 0.412 e. The molecule has 1 aliphatic rings. The fourth-order valence-corrected chi connectivity index (χ4v) is 3.47. The van der Waals surface area contributed by atoms with Gasteiger partial charge in [0, 0.05) is 21.3 Å². The summed E-state index contributed by atoms with van der Waals surface area (Å²) in [7, 11) is 0. The van der Waals surface area contributed by atoms with Crippen molar-refractivity contribution in [3.63, 3.8) is 0 Å². The number of carbonyl (C=O) groups is 1. The molecule has 0 radical (unpaired) electrons. The molecule has 12 heteroatoms. The topological polar surface area (TPSA) is 187 Å². The lowest BCUT2D eigenvalue weighted by molar-refractivity contribution is 0.0635. The van der Waals surface area contributed by atoms with E-state index in [9.17, 15) is 10.1 Å². The summed E-state index contributed by atoms with van der Waals surface area (Å²) < 4.78 is 6.06. The molecule has 2 heterocycles. The van der Waals surface area contributed by atoms with Crippen LogP contribution >= 0.6 is 15.9 Å². The number of benzene rings is 1. The van der Waals surface area contributed by atoms with Crippen molar-refractivity contribution in [2.24, 2.45) is 4.99 Å². The number of rotatable bonds is 2. The number of pyridine rings is 1. The minimum absolute atomic E-state index is 0.0130. The number of anilines is 4. The van der Waals surface area contributed by atoms with Crippen molar-refractivity contribution in [1.29, 1.82) is 10.5 Å². The predicted molar refractivity (Wildman–Crippen MR) is 123 cm³/mol. The largest absolute Gasteiger partial charge is 0.444 e. The Morgan fingerprint density at radius 2 is 2.03 bits per heavy atom. The molecule has 1 aromatic heterocycles. The Morgan fingerprint density at radius 1 is 1.31 bits per heavy atom. The summed E-state index contributed by atoms with van der Waals surface area (Å²) in [6, 6.07) is 6.27. The summed E-state index contributed by atoms with van der Waals surface area (Å²) >= 11 is 3.43. The molecule has 0 saturated carbocycles. The van der Waals surface area contributed by atoms with Crippen LogP contribution in [-0.4, -0.2) is 22.6 Å². The molecular formula is C20H20BrN9O2. The second-order valence-corrected chi connectivity index (χ2v) is 8.68. The number of fused-ring (bicyclic) bond motifs is 1. The van der Waals surface area contributed by atoms with Gasteiger partial charge in [-0.3, -0.25) is 10.6 Å². The number of nitrogens with two attached hydrogens (primary N) is 2. The minimum atomic E-state index is -0.829. The summed E-state index contributed by atoms with van der Waals surface area (Å²) in [6.07, 6.45) is 1.13. The van der Waals surface area contributed by atoms with Crippen molar-refractivity contribution in [2.75, 3.05) is 22.1 Å². The number of aliphatic imine (C=N–C) groups is 1. The number of halogens is 1. The van der Waals surface area contributed by atoms with Crippen LogP contribution in [-0.2, 0) is 4.74 Å². The first-order chi connectivity index (χ1) is 15.0. The second kappa shape index (κ2) is 8.61. The summed E-state index contributed by atoms with van der Waals surface area (Å²) in [6.45, 7) is 5.26. The van der Waals surface area contributed by atoms with Gasteiger partial charge in [0.2, 0.25) is 5.96 Å². The van der Waals surface area contributed by atoms with Gasteiger partial charge < -0.3 is 21.5 Å². The van der Waals surface area contributed by atoms with Crippen LogP contribution in [0.15, 0.2) is 27.7 Å². The smallest absolute Gasteiger partial charge is 0.412 e. The lowest BCUT2D eigenvalue weighted by Crippen LogP contribution is -2.33. The van der Waals surface area contributed by atoms with Crippen LogP contribution < -0.4 is 27.4 Å². The number of nitriles is 2. The average Bonchev–Trinajstić information content (AvgIpc) is 2.67. The quantitative estimate of drug-likeness (QED) is 0.306. The van der Waals surface area contributed by atoms with E-state index in [1.54, 1.807) is 45.2 Å². The van der Waals surface area contributed by atoms with E-state index in [2.05, 4.69) is 41.9 Å². The number of nitrogen functional groups attached to an aromatic ring is 2. The first-order valence-corrected chi connectivity index (χ1v) is 10.1. The monoisotopic (exact) mass is 497 g/mol. The number of amides is 1. The molecule has 11 nitrogen and oxygen atoms in total. The van der Waals surface area contributed by atoms with Crippen LogP contribution in [0.5, 0.6) is 0 Å². The van der Waals surface area contributed by atoms with Crippen molar-refractivity contribution in [2.45, 2.75) is 32.4 Å². The number of ether oxygens (including phenoxy) is 1. The van der Waals surface area contributed by atoms with Gasteiger partial charge in [-0.25, -0.2) is 14.8 Å². The Balaban J connectivity index is 2.19. The van der Waals surface area contributed by atoms with E-state index in [0.717, 1.165) is 0 Å². The molecule has 1 amide bonds. The Kier molecular flexibility index (Phi) is 6.09. The van der Waals surface area contributed by atoms with E-state index in [-0.39, 0.29) is 28.8 Å². The van der Waals surface area contributed by atoms with E-state index >= 15 is 0 Å². The van der Waals surface area contributed by atoms with Gasteiger partial charge in [-0.05, 0) is 39.0 Å². The fraction of sp³-hybridized carbons (Fsp3) is 0.250. The number of nitrogens with zero attached hydrogens (tertiary/aromatic N) is 4. The molecule has 7 N–H and O–H groups in total. The lowest BCUT2D eigenvalue weighted by atomic mass is 9.94. The van der Waals surface area contributed by atoms with Gasteiger partial charge in [-0.15, -0.1) is 0 Å². The summed E-state index contributed by atoms with van der Waals surface area (Å²) in [5.74, 6) is 0.277. The summed E-state index contributed by atoms with van der Waals surface area (Å²) in [5, 5.41) is 26.5. The Morgan fingerprint density at radius 3 is 2.66 bits per heavy atom. The fourth-order valence-electron chi connectivity index (χ4n) is 3.09. The van der Waals surface area contributed by atoms with Crippen molar-refractivity contribution in [3.05, 3.63) is 39.4 Å². The van der Waals surface area contributed by atoms with Crippen LogP contribution in [0, 0.1) is 22.8 Å². The molecule has 164 valence electrons. The third-order valence-electron chi connectivity index (χ3n) is 4.30. The molecule has 0 aliphatic carbocycles. The van der Waals surface area contributed by atoms with E-state index in [1.165, 1.54) is 0 Å². The predicted octanol–water partition coefficient (Wildman–Crippen LogP) is 3.17. The van der Waals surface area contributed by atoms with Gasteiger partial charge in [0.15, 0.2) is 6.19 Å². The molecule has 0 fully saturated rings. The van der Waals surface area contributed by atoms with Gasteiger partial charge in [-0.2, -0.15) is 10.5 Å². The van der Waals surface area contributed by atoms with Crippen molar-refractivity contribution in [1.82, 2.24) is 10.3 Å². The van der Waals surface area contributed by atoms with Crippen molar-refractivity contribution >= 4 is 51.0 Å². The first kappa shape index (κ1) is 22.7. The highest BCUT2D eigenvalue weighted by molar-refractivity contribution is 9.10. The van der Waals surface area contributed by atoms with Crippen LogP contribution in [0.4, 0.5) is 27.8 Å². The molecule has 3 rings (SSSR count). The summed E-state index contributed by atoms with van der Waals surface area (Å²) in [4.78, 5) is 21.2. The Labute approximate surface area is 192 Å². The molecular weight excluding hydrogens is 478 g/mol. The number of hydrogen-bond donors (Lipinski definition) is 5. The molecule has 32 heavy (non-hydrogen) atoms. The molecule has 2 aromatic rings. The second-order valence-electron chi connectivity index (χ2n) is 7.76. The van der Waals surface area contributed by atoms with Crippen molar-refractivity contribution < 1.29 is 9.53 Å². The number of hydrogen-bond acceptors (Lipinski definition) is 10. The van der Waals surface area contributed by atoms with Crippen molar-refractivity contribution in [3.8, 4) is 12.3 Å². The molecule has 1 atom stereocenters. The molecule has 0 saturated heterocycles. The lowest BCUT2D eigenvalue weighted by Gasteiger charge is -2.28. The SMILES string of the molecule is CC(C)(C)OC(=O)Nc1ccc(Br)cc1C1N=C(NC#N)Nc2nc(N)c(C#N)c(N)c21. The number of nitrogens with one attached hydrogen (secondary N) is 3. The average molecular weight is 498 g/mol. The molecule has 1 aromatic carbocycles. The third kappa shape index (κ3) is 4.66. The van der Waals surface area contributed by atoms with E-state index in [0.29, 0.717) is 21.3 Å².